The summed E-state index contributed by atoms with van der Waals surface area (Å²) in [5.74, 6) is -1.81. The monoisotopic (exact) mass is 862 g/mol. The highest BCUT2D eigenvalue weighted by atomic mass is 35.5. The van der Waals surface area contributed by atoms with Gasteiger partial charge >= 0.3 is 5.97 Å². The fourth-order valence-corrected chi connectivity index (χ4v) is 7.51. The fourth-order valence-electron chi connectivity index (χ4n) is 7.17. The third kappa shape index (κ3) is 8.76. The Labute approximate surface area is 357 Å². The quantitative estimate of drug-likeness (QED) is 0.140. The second kappa shape index (κ2) is 17.1. The topological polar surface area (TPSA) is 145 Å². The van der Waals surface area contributed by atoms with E-state index < -0.39 is 17.6 Å². The third-order valence-corrected chi connectivity index (χ3v) is 10.8. The maximum absolute atomic E-state index is 14.7. The molecule has 0 unspecified atom stereocenters. The van der Waals surface area contributed by atoms with Crippen molar-refractivity contribution < 1.29 is 41.9 Å². The van der Waals surface area contributed by atoms with E-state index in [1.54, 1.807) is 65.6 Å². The zero-order chi connectivity index (χ0) is 42.9. The van der Waals surface area contributed by atoms with Gasteiger partial charge in [-0.1, -0.05) is 23.2 Å². The summed E-state index contributed by atoms with van der Waals surface area (Å²) in [4.78, 5) is 52.8. The number of carbonyl (C=O) groups is 4. The van der Waals surface area contributed by atoms with Crippen LogP contribution in [0.2, 0.25) is 10.0 Å². The van der Waals surface area contributed by atoms with Crippen LogP contribution in [0, 0.1) is 11.6 Å². The zero-order valence-corrected chi connectivity index (χ0v) is 33.7. The summed E-state index contributed by atoms with van der Waals surface area (Å²) in [6.07, 6.45) is 4.02. The number of benzene rings is 4. The predicted molar refractivity (Wildman–Crippen MR) is 229 cm³/mol. The average molecular weight is 864 g/mol. The number of aromatic carboxylic acids is 1. The normalized spacial score (nSPS) is 16.1. The maximum Gasteiger partial charge on any atom is 0.335 e. The number of amides is 3. The minimum atomic E-state index is -1.17. The zero-order valence-electron chi connectivity index (χ0n) is 32.2. The molecule has 0 aliphatic carbocycles. The number of carboxylic acids is 1. The highest BCUT2D eigenvalue weighted by molar-refractivity contribution is 6.37. The first-order chi connectivity index (χ1) is 29.3. The number of furan rings is 2. The van der Waals surface area contributed by atoms with Gasteiger partial charge in [-0.2, -0.15) is 0 Å². The van der Waals surface area contributed by atoms with Crippen LogP contribution in [0.25, 0.3) is 45.9 Å². The highest BCUT2D eigenvalue weighted by Gasteiger charge is 2.27. The third-order valence-electron chi connectivity index (χ3n) is 10.3. The Morgan fingerprint density at radius 3 is 1.67 bits per heavy atom. The minimum absolute atomic E-state index is 0.0267. The molecule has 3 N–H and O–H groups in total. The van der Waals surface area contributed by atoms with Gasteiger partial charge in [-0.3, -0.25) is 14.4 Å². The summed E-state index contributed by atoms with van der Waals surface area (Å²) in [6, 6.07) is 24.4. The van der Waals surface area contributed by atoms with Crippen molar-refractivity contribution in [3.63, 3.8) is 0 Å². The maximum atomic E-state index is 14.7. The summed E-state index contributed by atoms with van der Waals surface area (Å²) >= 11 is 12.1. The molecule has 4 aromatic carbocycles. The molecule has 5 heterocycles. The van der Waals surface area contributed by atoms with Gasteiger partial charge in [-0.15, -0.1) is 0 Å². The Morgan fingerprint density at radius 1 is 0.639 bits per heavy atom. The smallest absolute Gasteiger partial charge is 0.335 e. The van der Waals surface area contributed by atoms with Crippen molar-refractivity contribution in [2.24, 2.45) is 0 Å². The molecule has 0 bridgehead atoms. The van der Waals surface area contributed by atoms with Crippen LogP contribution in [0.5, 0.6) is 0 Å². The number of anilines is 2. The highest BCUT2D eigenvalue weighted by Crippen LogP contribution is 2.38. The lowest BCUT2D eigenvalue weighted by Crippen LogP contribution is -2.34. The molecule has 11 nitrogen and oxygen atoms in total. The van der Waals surface area contributed by atoms with Gasteiger partial charge in [-0.05, 0) is 129 Å². The summed E-state index contributed by atoms with van der Waals surface area (Å²) in [5.41, 5.74) is 3.99. The Morgan fingerprint density at radius 2 is 1.15 bits per heavy atom. The van der Waals surface area contributed by atoms with Crippen molar-refractivity contribution in [1.82, 2.24) is 9.80 Å². The molecule has 2 aromatic heterocycles. The number of nitrogens with one attached hydrogen (secondary N) is 2. The molecule has 15 heteroatoms. The number of carbonyl (C=O) groups excluding carboxylic acids is 3. The van der Waals surface area contributed by atoms with Crippen LogP contribution in [0.4, 0.5) is 20.2 Å². The largest absolute Gasteiger partial charge is 0.478 e. The van der Waals surface area contributed by atoms with E-state index in [0.29, 0.717) is 73.9 Å². The molecule has 3 aliphatic rings. The van der Waals surface area contributed by atoms with E-state index in [0.717, 1.165) is 25.6 Å². The molecule has 9 rings (SSSR count). The second-order valence-electron chi connectivity index (χ2n) is 14.5. The molecular formula is C46H34Cl2F2N4O7. The van der Waals surface area contributed by atoms with Crippen LogP contribution in [-0.4, -0.2) is 71.8 Å². The molecule has 61 heavy (non-hydrogen) atoms. The predicted octanol–water partition coefficient (Wildman–Crippen LogP) is 9.94. The molecule has 308 valence electrons. The van der Waals surface area contributed by atoms with Gasteiger partial charge in [0.2, 0.25) is 0 Å². The van der Waals surface area contributed by atoms with E-state index in [2.05, 4.69) is 15.5 Å². The molecule has 6 aromatic rings. The molecule has 0 saturated carbocycles. The van der Waals surface area contributed by atoms with E-state index in [4.69, 9.17) is 37.1 Å². The first kappa shape index (κ1) is 41.0. The van der Waals surface area contributed by atoms with Crippen LogP contribution >= 0.6 is 23.2 Å². The van der Waals surface area contributed by atoms with Crippen LogP contribution in [0.1, 0.15) is 49.8 Å². The standard InChI is InChI=1S/C26H23ClFN3O3.C20H11ClFNO4/c1-30-9-2-10-31(12-11-30)26(33)16-3-6-22(28)21(13-16)24-8-5-18(34-24)15-20-19-14-17(27)4-7-23(19)29-25(20)32;21-11-2-5-17-13(8-11)14(19(24)23-17)9-12-3-6-18(27-12)15-7-10(20(25)26)1-4-16(15)22/h3-8,13-15H,2,9-12H2,1H3,(H,29,32);1-9H,(H,23,24)(H,25,26)/b20-15-;14-9-. The van der Waals surface area contributed by atoms with Gasteiger partial charge in [0.15, 0.2) is 0 Å². The fraction of sp³-hybridized carbons (Fsp3) is 0.130. The summed E-state index contributed by atoms with van der Waals surface area (Å²) < 4.78 is 40.3. The lowest BCUT2D eigenvalue weighted by Gasteiger charge is -2.21. The number of nitrogens with zero attached hydrogens (tertiary/aromatic N) is 2. The number of carboxylic acid groups (broad SMARTS) is 1. The molecule has 1 saturated heterocycles. The van der Waals surface area contributed by atoms with Crippen LogP contribution in [0.3, 0.4) is 0 Å². The van der Waals surface area contributed by atoms with E-state index >= 15 is 0 Å². The number of fused-ring (bicyclic) bond motifs is 2. The van der Waals surface area contributed by atoms with Crippen molar-refractivity contribution in [3.05, 3.63) is 153 Å². The first-order valence-electron chi connectivity index (χ1n) is 19.0. The van der Waals surface area contributed by atoms with Gasteiger partial charge in [0, 0.05) is 57.7 Å². The lowest BCUT2D eigenvalue weighted by atomic mass is 10.1. The van der Waals surface area contributed by atoms with Crippen molar-refractivity contribution in [2.45, 2.75) is 6.42 Å². The number of likely N-dealkylation sites (N-methyl/N-ethyl adjacent to an activating group) is 1. The SMILES string of the molecule is CN1CCCN(C(=O)c2ccc(F)c(-c3ccc(/C=C4\C(=O)Nc5ccc(Cl)cc54)o3)c2)CC1.O=C1Nc2ccc(Cl)cc2/C1=C/c1ccc(-c2cc(C(=O)O)ccc2F)o1. The summed E-state index contributed by atoms with van der Waals surface area (Å²) in [6.45, 7) is 3.05. The second-order valence-corrected chi connectivity index (χ2v) is 15.3. The van der Waals surface area contributed by atoms with Crippen molar-refractivity contribution >= 4 is 81.6 Å². The number of rotatable bonds is 6. The van der Waals surface area contributed by atoms with E-state index in [9.17, 15) is 28.0 Å². The molecular weight excluding hydrogens is 829 g/mol. The molecule has 0 radical (unpaired) electrons. The minimum Gasteiger partial charge on any atom is -0.478 e. The van der Waals surface area contributed by atoms with Crippen molar-refractivity contribution in [1.29, 1.82) is 0 Å². The molecule has 3 aliphatic heterocycles. The van der Waals surface area contributed by atoms with Gasteiger partial charge in [0.1, 0.15) is 34.7 Å². The summed E-state index contributed by atoms with van der Waals surface area (Å²) in [5, 5.41) is 15.6. The lowest BCUT2D eigenvalue weighted by molar-refractivity contribution is -0.111. The van der Waals surface area contributed by atoms with Crippen LogP contribution in [0.15, 0.2) is 106 Å². The van der Waals surface area contributed by atoms with Crippen LogP contribution < -0.4 is 10.6 Å². The number of halogens is 4. The number of hydrogen-bond donors (Lipinski definition) is 3. The molecule has 0 spiro atoms. The van der Waals surface area contributed by atoms with E-state index in [-0.39, 0.29) is 45.9 Å². The van der Waals surface area contributed by atoms with E-state index in [1.807, 2.05) is 7.05 Å². The van der Waals surface area contributed by atoms with Crippen molar-refractivity contribution in [2.75, 3.05) is 43.9 Å². The van der Waals surface area contributed by atoms with Crippen LogP contribution in [-0.2, 0) is 9.59 Å². The molecule has 0 atom stereocenters. The first-order valence-corrected chi connectivity index (χ1v) is 19.7. The van der Waals surface area contributed by atoms with Gasteiger partial charge in [0.05, 0.1) is 27.8 Å². The number of hydrogen-bond acceptors (Lipinski definition) is 7. The van der Waals surface area contributed by atoms with Crippen molar-refractivity contribution in [3.8, 4) is 22.6 Å². The van der Waals surface area contributed by atoms with Gasteiger partial charge < -0.3 is 34.4 Å². The Kier molecular flexibility index (Phi) is 11.4. The average Bonchev–Trinajstić information content (AvgIpc) is 4.00. The Balaban J connectivity index is 0.000000173. The molecule has 1 fully saturated rings. The molecule has 3 amide bonds. The Hall–Kier alpha value is -6.80. The summed E-state index contributed by atoms with van der Waals surface area (Å²) in [7, 11) is 2.04. The van der Waals surface area contributed by atoms with Gasteiger partial charge in [0.25, 0.3) is 17.7 Å². The van der Waals surface area contributed by atoms with Gasteiger partial charge in [-0.25, -0.2) is 13.6 Å². The van der Waals surface area contributed by atoms with E-state index in [1.165, 1.54) is 42.5 Å². The Bertz CT molecular complexity index is 2830.